The number of anilines is 1. The molecule has 3 nitrogen and oxygen atoms in total. The van der Waals surface area contributed by atoms with Gasteiger partial charge in [0, 0.05) is 41.6 Å². The molecule has 2 aromatic heterocycles. The van der Waals surface area contributed by atoms with Gasteiger partial charge >= 0.3 is 0 Å². The number of hydrogen-bond donors (Lipinski definition) is 1. The number of nitrogens with one attached hydrogen (secondary N) is 1. The maximum Gasteiger partial charge on any atom is 0.272 e. The van der Waals surface area contributed by atoms with Crippen LogP contribution in [0.15, 0.2) is 41.1 Å². The maximum atomic E-state index is 13.1. The maximum absolute atomic E-state index is 13.1. The van der Waals surface area contributed by atoms with E-state index in [0.29, 0.717) is 0 Å². The summed E-state index contributed by atoms with van der Waals surface area (Å²) in [6.45, 7) is 1.74. The minimum absolute atomic E-state index is 0.0352. The van der Waals surface area contributed by atoms with Gasteiger partial charge in [-0.25, -0.2) is 13.8 Å². The fraction of sp³-hybridized carbons (Fsp3) is 0.412. The van der Waals surface area contributed by atoms with E-state index in [1.807, 2.05) is 12.1 Å². The van der Waals surface area contributed by atoms with E-state index in [0.717, 1.165) is 55.1 Å². The van der Waals surface area contributed by atoms with Gasteiger partial charge in [-0.05, 0) is 43.5 Å². The van der Waals surface area contributed by atoms with Crippen molar-refractivity contribution in [2.75, 3.05) is 11.9 Å². The Balaban J connectivity index is 1.64. The number of rotatable bonds is 8. The minimum atomic E-state index is -2.82. The monoisotopic (exact) mass is 383 g/mol. The molecule has 0 amide bonds. The SMILES string of the molecule is CC(F)(F)c1ccc(CCCCCNc2cc(Br)ccn2)nc1. The first kappa shape index (κ1) is 17.8. The van der Waals surface area contributed by atoms with Crippen molar-refractivity contribution < 1.29 is 8.78 Å². The van der Waals surface area contributed by atoms with Crippen LogP contribution in [0.5, 0.6) is 0 Å². The van der Waals surface area contributed by atoms with Gasteiger partial charge in [0.1, 0.15) is 5.82 Å². The first-order valence-corrected chi connectivity index (χ1v) is 8.43. The summed E-state index contributed by atoms with van der Waals surface area (Å²) in [6, 6.07) is 6.98. The molecule has 124 valence electrons. The first-order chi connectivity index (χ1) is 10.9. The Hall–Kier alpha value is -1.56. The molecule has 0 spiro atoms. The molecule has 2 heterocycles. The van der Waals surface area contributed by atoms with E-state index in [4.69, 9.17) is 0 Å². The second kappa shape index (κ2) is 8.34. The molecule has 0 bridgehead atoms. The van der Waals surface area contributed by atoms with E-state index < -0.39 is 5.92 Å². The van der Waals surface area contributed by atoms with Gasteiger partial charge in [0.25, 0.3) is 5.92 Å². The summed E-state index contributed by atoms with van der Waals surface area (Å²) in [7, 11) is 0. The van der Waals surface area contributed by atoms with Gasteiger partial charge in [0.05, 0.1) is 0 Å². The lowest BCUT2D eigenvalue weighted by atomic mass is 10.1. The Kier molecular flexibility index (Phi) is 6.45. The van der Waals surface area contributed by atoms with Gasteiger partial charge < -0.3 is 5.32 Å². The van der Waals surface area contributed by atoms with Crippen molar-refractivity contribution >= 4 is 21.7 Å². The Bertz CT molecular complexity index is 612. The summed E-state index contributed by atoms with van der Waals surface area (Å²) < 4.78 is 27.2. The molecule has 0 aliphatic heterocycles. The molecule has 0 aliphatic rings. The van der Waals surface area contributed by atoms with Crippen molar-refractivity contribution in [2.45, 2.75) is 38.5 Å². The number of alkyl halides is 2. The lowest BCUT2D eigenvalue weighted by molar-refractivity contribution is 0.0171. The van der Waals surface area contributed by atoms with Crippen LogP contribution in [0.25, 0.3) is 0 Å². The summed E-state index contributed by atoms with van der Waals surface area (Å²) in [4.78, 5) is 8.33. The average Bonchev–Trinajstić information content (AvgIpc) is 2.50. The molecule has 0 aliphatic carbocycles. The van der Waals surface area contributed by atoms with Gasteiger partial charge in [-0.3, -0.25) is 4.98 Å². The molecule has 0 radical (unpaired) electrons. The third kappa shape index (κ3) is 6.22. The largest absolute Gasteiger partial charge is 0.370 e. The average molecular weight is 384 g/mol. The summed E-state index contributed by atoms with van der Waals surface area (Å²) in [6.07, 6.45) is 6.90. The zero-order valence-electron chi connectivity index (χ0n) is 13.0. The van der Waals surface area contributed by atoms with E-state index >= 15 is 0 Å². The van der Waals surface area contributed by atoms with Crippen molar-refractivity contribution in [3.8, 4) is 0 Å². The molecule has 23 heavy (non-hydrogen) atoms. The van der Waals surface area contributed by atoms with Crippen LogP contribution in [0, 0.1) is 0 Å². The van der Waals surface area contributed by atoms with Gasteiger partial charge in [-0.1, -0.05) is 22.4 Å². The van der Waals surface area contributed by atoms with E-state index in [9.17, 15) is 8.78 Å². The topological polar surface area (TPSA) is 37.8 Å². The van der Waals surface area contributed by atoms with Crippen LogP contribution < -0.4 is 5.32 Å². The van der Waals surface area contributed by atoms with Gasteiger partial charge in [-0.2, -0.15) is 0 Å². The Morgan fingerprint density at radius 1 is 1.13 bits per heavy atom. The number of nitrogens with zero attached hydrogens (tertiary/aromatic N) is 2. The van der Waals surface area contributed by atoms with Crippen LogP contribution in [0.4, 0.5) is 14.6 Å². The standard InChI is InChI=1S/C17H20BrF2N3/c1-17(19,20)13-6-7-15(23-12-13)5-3-2-4-9-21-16-11-14(18)8-10-22-16/h6-8,10-12H,2-5,9H2,1H3,(H,21,22). The molecule has 0 fully saturated rings. The number of halogens is 3. The zero-order valence-corrected chi connectivity index (χ0v) is 14.6. The summed E-state index contributed by atoms with van der Waals surface area (Å²) in [5.74, 6) is -1.96. The van der Waals surface area contributed by atoms with Crippen molar-refractivity contribution in [2.24, 2.45) is 0 Å². The smallest absolute Gasteiger partial charge is 0.272 e. The van der Waals surface area contributed by atoms with Crippen LogP contribution in [0.1, 0.15) is 37.4 Å². The fourth-order valence-electron chi connectivity index (χ4n) is 2.16. The summed E-state index contributed by atoms with van der Waals surface area (Å²) in [5.41, 5.74) is 0.826. The highest BCUT2D eigenvalue weighted by atomic mass is 79.9. The second-order valence-electron chi connectivity index (χ2n) is 5.52. The number of aryl methyl sites for hydroxylation is 1. The molecule has 0 aromatic carbocycles. The number of pyridine rings is 2. The highest BCUT2D eigenvalue weighted by molar-refractivity contribution is 9.10. The predicted octanol–water partition coefficient (Wildman–Crippen LogP) is 5.18. The van der Waals surface area contributed by atoms with Crippen molar-refractivity contribution in [3.05, 3.63) is 52.4 Å². The van der Waals surface area contributed by atoms with E-state index in [1.165, 1.54) is 12.3 Å². The third-order valence-corrected chi connectivity index (χ3v) is 3.96. The molecule has 0 unspecified atom stereocenters. The fourth-order valence-corrected chi connectivity index (χ4v) is 2.49. The predicted molar refractivity (Wildman–Crippen MR) is 91.8 cm³/mol. The highest BCUT2D eigenvalue weighted by Crippen LogP contribution is 2.26. The molecule has 2 aromatic rings. The van der Waals surface area contributed by atoms with E-state index in [-0.39, 0.29) is 5.56 Å². The zero-order chi connectivity index (χ0) is 16.7. The number of aromatic nitrogens is 2. The molecular formula is C17H20BrF2N3. The third-order valence-electron chi connectivity index (χ3n) is 3.47. The van der Waals surface area contributed by atoms with Crippen molar-refractivity contribution in [3.63, 3.8) is 0 Å². The Morgan fingerprint density at radius 2 is 1.96 bits per heavy atom. The first-order valence-electron chi connectivity index (χ1n) is 7.64. The molecule has 6 heteroatoms. The summed E-state index contributed by atoms with van der Waals surface area (Å²) >= 11 is 3.41. The quantitative estimate of drug-likeness (QED) is 0.638. The van der Waals surface area contributed by atoms with Crippen LogP contribution in [0.2, 0.25) is 0 Å². The lowest BCUT2D eigenvalue weighted by Gasteiger charge is -2.10. The van der Waals surface area contributed by atoms with Crippen LogP contribution in [-0.4, -0.2) is 16.5 Å². The van der Waals surface area contributed by atoms with Crippen molar-refractivity contribution in [1.29, 1.82) is 0 Å². The molecule has 0 saturated carbocycles. The van der Waals surface area contributed by atoms with E-state index in [1.54, 1.807) is 12.3 Å². The van der Waals surface area contributed by atoms with Gasteiger partial charge in [0.2, 0.25) is 0 Å². The second-order valence-corrected chi connectivity index (χ2v) is 6.44. The van der Waals surface area contributed by atoms with Crippen LogP contribution >= 0.6 is 15.9 Å². The minimum Gasteiger partial charge on any atom is -0.370 e. The number of unbranched alkanes of at least 4 members (excludes halogenated alkanes) is 2. The van der Waals surface area contributed by atoms with Crippen molar-refractivity contribution in [1.82, 2.24) is 9.97 Å². The molecular weight excluding hydrogens is 364 g/mol. The van der Waals surface area contributed by atoms with Gasteiger partial charge in [-0.15, -0.1) is 0 Å². The highest BCUT2D eigenvalue weighted by Gasteiger charge is 2.24. The Labute approximate surface area is 143 Å². The number of hydrogen-bond acceptors (Lipinski definition) is 3. The van der Waals surface area contributed by atoms with Crippen LogP contribution in [-0.2, 0) is 12.3 Å². The van der Waals surface area contributed by atoms with E-state index in [2.05, 4.69) is 31.2 Å². The lowest BCUT2D eigenvalue weighted by Crippen LogP contribution is -2.07. The Morgan fingerprint density at radius 3 is 2.61 bits per heavy atom. The molecule has 1 N–H and O–H groups in total. The summed E-state index contributed by atoms with van der Waals surface area (Å²) in [5, 5.41) is 3.27. The molecule has 2 rings (SSSR count). The normalized spacial score (nSPS) is 11.5. The van der Waals surface area contributed by atoms with Crippen LogP contribution in [0.3, 0.4) is 0 Å². The van der Waals surface area contributed by atoms with Gasteiger partial charge in [0.15, 0.2) is 0 Å². The molecule has 0 saturated heterocycles. The molecule has 0 atom stereocenters.